The van der Waals surface area contributed by atoms with E-state index >= 15 is 0 Å². The molecule has 0 spiro atoms. The lowest BCUT2D eigenvalue weighted by Crippen LogP contribution is -2.50. The SMILES string of the molecule is C[C@H](NC(=O)[C@H]1CCN(C(=O)[C@H]2CCCN2C(=O)O)C1)[C@@H](O)C(N)=O. The lowest BCUT2D eigenvalue weighted by Gasteiger charge is -2.26. The van der Waals surface area contributed by atoms with E-state index in [9.17, 15) is 24.3 Å². The molecule has 2 saturated heterocycles. The fourth-order valence-corrected chi connectivity index (χ4v) is 3.31. The molecule has 2 rings (SSSR count). The van der Waals surface area contributed by atoms with Gasteiger partial charge in [-0.2, -0.15) is 0 Å². The van der Waals surface area contributed by atoms with Crippen LogP contribution < -0.4 is 11.1 Å². The highest BCUT2D eigenvalue weighted by Gasteiger charge is 2.40. The summed E-state index contributed by atoms with van der Waals surface area (Å²) in [5.74, 6) is -2.04. The fraction of sp³-hybridized carbons (Fsp3) is 0.733. The summed E-state index contributed by atoms with van der Waals surface area (Å²) in [6.45, 7) is 2.36. The highest BCUT2D eigenvalue weighted by Crippen LogP contribution is 2.24. The first-order valence-electron chi connectivity index (χ1n) is 8.28. The third-order valence-corrected chi connectivity index (χ3v) is 4.79. The molecule has 0 bridgehead atoms. The predicted molar refractivity (Wildman–Crippen MR) is 85.2 cm³/mol. The Morgan fingerprint density at radius 3 is 2.48 bits per heavy atom. The Morgan fingerprint density at radius 2 is 1.88 bits per heavy atom. The molecule has 5 N–H and O–H groups in total. The van der Waals surface area contributed by atoms with Crippen LogP contribution in [0.5, 0.6) is 0 Å². The van der Waals surface area contributed by atoms with Crippen LogP contribution in [0.1, 0.15) is 26.2 Å². The summed E-state index contributed by atoms with van der Waals surface area (Å²) >= 11 is 0. The molecule has 0 aromatic carbocycles. The highest BCUT2D eigenvalue weighted by atomic mass is 16.4. The van der Waals surface area contributed by atoms with E-state index in [2.05, 4.69) is 5.32 Å². The van der Waals surface area contributed by atoms with Gasteiger partial charge in [0.25, 0.3) is 0 Å². The number of nitrogens with two attached hydrogens (primary N) is 1. The Bertz CT molecular complexity index is 568. The quantitative estimate of drug-likeness (QED) is 0.462. The second-order valence-electron chi connectivity index (χ2n) is 6.55. The number of nitrogens with one attached hydrogen (secondary N) is 1. The van der Waals surface area contributed by atoms with Crippen LogP contribution in [-0.4, -0.2) is 81.6 Å². The van der Waals surface area contributed by atoms with E-state index in [0.29, 0.717) is 32.4 Å². The standard InChI is InChI=1S/C15H24N4O6/c1-8(11(20)12(16)21)17-13(22)9-4-6-18(7-9)14(23)10-3-2-5-19(10)15(24)25/h8-11,20H,2-7H2,1H3,(H2,16,21)(H,17,22)(H,24,25)/t8-,9-,10+,11+/m0/s1. The predicted octanol–water partition coefficient (Wildman–Crippen LogP) is -1.67. The summed E-state index contributed by atoms with van der Waals surface area (Å²) in [5, 5.41) is 21.2. The molecule has 2 heterocycles. The molecule has 140 valence electrons. The summed E-state index contributed by atoms with van der Waals surface area (Å²) in [7, 11) is 0. The Hall–Kier alpha value is -2.36. The van der Waals surface area contributed by atoms with Crippen molar-refractivity contribution in [3.63, 3.8) is 0 Å². The molecule has 2 aliphatic rings. The molecule has 10 heteroatoms. The maximum Gasteiger partial charge on any atom is 0.407 e. The van der Waals surface area contributed by atoms with Gasteiger partial charge >= 0.3 is 6.09 Å². The lowest BCUT2D eigenvalue weighted by atomic mass is 10.1. The number of hydrogen-bond donors (Lipinski definition) is 4. The van der Waals surface area contributed by atoms with Gasteiger partial charge in [-0.3, -0.25) is 19.3 Å². The molecule has 4 amide bonds. The first-order valence-corrected chi connectivity index (χ1v) is 8.28. The van der Waals surface area contributed by atoms with E-state index in [1.54, 1.807) is 0 Å². The lowest BCUT2D eigenvalue weighted by molar-refractivity contribution is -0.134. The molecule has 2 aliphatic heterocycles. The van der Waals surface area contributed by atoms with Crippen LogP contribution in [0, 0.1) is 5.92 Å². The number of carboxylic acid groups (broad SMARTS) is 1. The zero-order valence-corrected chi connectivity index (χ0v) is 14.1. The van der Waals surface area contributed by atoms with Crippen molar-refractivity contribution in [2.24, 2.45) is 11.7 Å². The molecule has 0 unspecified atom stereocenters. The van der Waals surface area contributed by atoms with Gasteiger partial charge in [-0.05, 0) is 26.2 Å². The average Bonchev–Trinajstić information content (AvgIpc) is 3.22. The first-order chi connectivity index (χ1) is 11.7. The van der Waals surface area contributed by atoms with Gasteiger partial charge < -0.3 is 26.2 Å². The van der Waals surface area contributed by atoms with Gasteiger partial charge in [-0.25, -0.2) is 4.79 Å². The third kappa shape index (κ3) is 4.19. The minimum absolute atomic E-state index is 0.189. The zero-order chi connectivity index (χ0) is 18.7. The van der Waals surface area contributed by atoms with Crippen LogP contribution in [0.25, 0.3) is 0 Å². The highest BCUT2D eigenvalue weighted by molar-refractivity contribution is 5.88. The Morgan fingerprint density at radius 1 is 1.20 bits per heavy atom. The van der Waals surface area contributed by atoms with Gasteiger partial charge in [0.2, 0.25) is 17.7 Å². The van der Waals surface area contributed by atoms with E-state index in [1.165, 1.54) is 11.8 Å². The Labute approximate surface area is 144 Å². The number of aliphatic hydroxyl groups excluding tert-OH is 1. The zero-order valence-electron chi connectivity index (χ0n) is 14.1. The van der Waals surface area contributed by atoms with Gasteiger partial charge in [0.15, 0.2) is 6.10 Å². The molecular formula is C15H24N4O6. The molecule has 10 nitrogen and oxygen atoms in total. The van der Waals surface area contributed by atoms with Crippen molar-refractivity contribution in [1.29, 1.82) is 0 Å². The number of aliphatic hydroxyl groups is 1. The maximum atomic E-state index is 12.5. The minimum atomic E-state index is -1.48. The molecule has 2 fully saturated rings. The van der Waals surface area contributed by atoms with Crippen LogP contribution >= 0.6 is 0 Å². The molecule has 25 heavy (non-hydrogen) atoms. The fourth-order valence-electron chi connectivity index (χ4n) is 3.31. The first kappa shape index (κ1) is 19.0. The van der Waals surface area contributed by atoms with Crippen molar-refractivity contribution in [2.75, 3.05) is 19.6 Å². The number of amides is 4. The Kier molecular flexibility index (Phi) is 5.83. The molecule has 0 aromatic rings. The smallest absolute Gasteiger partial charge is 0.407 e. The van der Waals surface area contributed by atoms with E-state index in [4.69, 9.17) is 10.8 Å². The van der Waals surface area contributed by atoms with E-state index in [1.807, 2.05) is 0 Å². The van der Waals surface area contributed by atoms with E-state index in [-0.39, 0.29) is 18.4 Å². The number of rotatable bonds is 5. The number of primary amides is 1. The van der Waals surface area contributed by atoms with Crippen molar-refractivity contribution in [2.45, 2.75) is 44.4 Å². The molecule has 0 aliphatic carbocycles. The molecule has 4 atom stereocenters. The van der Waals surface area contributed by atoms with Crippen molar-refractivity contribution in [1.82, 2.24) is 15.1 Å². The molecule has 0 radical (unpaired) electrons. The average molecular weight is 356 g/mol. The van der Waals surface area contributed by atoms with Crippen molar-refractivity contribution >= 4 is 23.8 Å². The van der Waals surface area contributed by atoms with Crippen LogP contribution in [0.2, 0.25) is 0 Å². The van der Waals surface area contributed by atoms with Gasteiger partial charge in [-0.15, -0.1) is 0 Å². The number of carbonyl (C=O) groups excluding carboxylic acids is 3. The third-order valence-electron chi connectivity index (χ3n) is 4.79. The summed E-state index contributed by atoms with van der Waals surface area (Å²) in [6.07, 6.45) is -1.02. The molecule has 0 aromatic heterocycles. The second kappa shape index (κ2) is 7.68. The largest absolute Gasteiger partial charge is 0.465 e. The number of nitrogens with zero attached hydrogens (tertiary/aromatic N) is 2. The monoisotopic (exact) mass is 356 g/mol. The van der Waals surface area contributed by atoms with Gasteiger partial charge in [0.1, 0.15) is 6.04 Å². The van der Waals surface area contributed by atoms with E-state index < -0.39 is 36.1 Å². The molecular weight excluding hydrogens is 332 g/mol. The minimum Gasteiger partial charge on any atom is -0.465 e. The van der Waals surface area contributed by atoms with Crippen molar-refractivity contribution < 1.29 is 29.4 Å². The summed E-state index contributed by atoms with van der Waals surface area (Å²) in [5.41, 5.74) is 4.99. The summed E-state index contributed by atoms with van der Waals surface area (Å²) in [4.78, 5) is 49.5. The van der Waals surface area contributed by atoms with Crippen molar-refractivity contribution in [3.05, 3.63) is 0 Å². The number of hydrogen-bond acceptors (Lipinski definition) is 5. The maximum absolute atomic E-state index is 12.5. The van der Waals surface area contributed by atoms with Gasteiger partial charge in [0.05, 0.1) is 12.0 Å². The van der Waals surface area contributed by atoms with Gasteiger partial charge in [0, 0.05) is 19.6 Å². The normalized spacial score (nSPS) is 25.5. The van der Waals surface area contributed by atoms with Crippen LogP contribution in [0.3, 0.4) is 0 Å². The number of likely N-dealkylation sites (tertiary alicyclic amines) is 2. The topological polar surface area (TPSA) is 153 Å². The molecule has 0 saturated carbocycles. The number of carbonyl (C=O) groups is 4. The van der Waals surface area contributed by atoms with E-state index in [0.717, 1.165) is 4.90 Å². The summed E-state index contributed by atoms with van der Waals surface area (Å²) in [6, 6.07) is -1.51. The van der Waals surface area contributed by atoms with Crippen LogP contribution in [0.15, 0.2) is 0 Å². The summed E-state index contributed by atoms with van der Waals surface area (Å²) < 4.78 is 0. The van der Waals surface area contributed by atoms with Crippen LogP contribution in [-0.2, 0) is 14.4 Å². The Balaban J connectivity index is 1.90. The van der Waals surface area contributed by atoms with Crippen molar-refractivity contribution in [3.8, 4) is 0 Å². The second-order valence-corrected chi connectivity index (χ2v) is 6.55. The van der Waals surface area contributed by atoms with Crippen LogP contribution in [0.4, 0.5) is 4.79 Å². The van der Waals surface area contributed by atoms with Gasteiger partial charge in [-0.1, -0.05) is 0 Å².